The van der Waals surface area contributed by atoms with Crippen LogP contribution < -0.4 is 27.7 Å². The lowest BCUT2D eigenvalue weighted by Gasteiger charge is -1.95. The van der Waals surface area contributed by atoms with E-state index in [0.29, 0.717) is 0 Å². The molecule has 0 rings (SSSR count). The maximum absolute atomic E-state index is 8.97. The standard InChI is InChI=1S/CH7N5.H3NO3S/c2-1(5-3)6-4;1-5(2,3)4/h3-4H2,(H3,2,5,6);(H3,1,2,3,4). The lowest BCUT2D eigenvalue weighted by molar-refractivity contribution is 0.485. The molecule has 0 saturated heterocycles. The quantitative estimate of drug-likeness (QED) is 0.0676. The minimum absolute atomic E-state index is 0.102. The minimum atomic E-state index is -4.17. The zero-order valence-corrected chi connectivity index (χ0v) is 6.22. The molecule has 0 atom stereocenters. The molecule has 68 valence electrons. The molecule has 10 heteroatoms. The Hall–Kier alpha value is -0.940. The van der Waals surface area contributed by atoms with Gasteiger partial charge in [-0.15, -0.1) is 0 Å². The van der Waals surface area contributed by atoms with Crippen LogP contribution in [-0.2, 0) is 10.3 Å². The van der Waals surface area contributed by atoms with Gasteiger partial charge < -0.3 is 0 Å². The van der Waals surface area contributed by atoms with Gasteiger partial charge in [-0.25, -0.2) is 16.8 Å². The van der Waals surface area contributed by atoms with Gasteiger partial charge in [0.25, 0.3) is 0 Å². The highest BCUT2D eigenvalue weighted by Gasteiger charge is 1.81. The lowest BCUT2D eigenvalue weighted by atomic mass is 11.1. The molecule has 0 fully saturated rings. The van der Waals surface area contributed by atoms with Gasteiger partial charge in [-0.1, -0.05) is 0 Å². The van der Waals surface area contributed by atoms with Gasteiger partial charge in [-0.05, 0) is 0 Å². The van der Waals surface area contributed by atoms with Crippen LogP contribution in [0.15, 0.2) is 0 Å². The van der Waals surface area contributed by atoms with Crippen molar-refractivity contribution in [1.82, 2.24) is 10.9 Å². The Balaban J connectivity index is 0. The molecule has 0 unspecified atom stereocenters. The number of nitrogens with one attached hydrogen (secondary N) is 3. The first-order valence-corrected chi connectivity index (χ1v) is 3.58. The first kappa shape index (κ1) is 12.7. The van der Waals surface area contributed by atoms with Gasteiger partial charge >= 0.3 is 10.3 Å². The number of nitrogens with two attached hydrogens (primary N) is 3. The predicted octanol–water partition coefficient (Wildman–Crippen LogP) is -3.40. The average molecular weight is 186 g/mol. The van der Waals surface area contributed by atoms with Gasteiger partial charge in [0.2, 0.25) is 5.96 Å². The van der Waals surface area contributed by atoms with Gasteiger partial charge in [-0.2, -0.15) is 8.42 Å². The van der Waals surface area contributed by atoms with E-state index in [2.05, 4.69) is 16.8 Å². The summed E-state index contributed by atoms with van der Waals surface area (Å²) in [5, 5.41) is 10.4. The van der Waals surface area contributed by atoms with E-state index in [1.807, 2.05) is 10.9 Å². The third-order valence-electron chi connectivity index (χ3n) is 0.289. The summed E-state index contributed by atoms with van der Waals surface area (Å²) in [7, 11) is -4.17. The van der Waals surface area contributed by atoms with Crippen LogP contribution in [0.3, 0.4) is 0 Å². The molecule has 0 spiro atoms. The lowest BCUT2D eigenvalue weighted by Crippen LogP contribution is -2.44. The summed E-state index contributed by atoms with van der Waals surface area (Å²) >= 11 is 0. The second-order valence-corrected chi connectivity index (χ2v) is 2.21. The van der Waals surface area contributed by atoms with E-state index in [-0.39, 0.29) is 5.96 Å². The van der Waals surface area contributed by atoms with Gasteiger partial charge in [0.1, 0.15) is 0 Å². The molecular weight excluding hydrogens is 176 g/mol. The smallest absolute Gasteiger partial charge is 0.294 e. The second-order valence-electron chi connectivity index (χ2n) is 1.18. The fraction of sp³-hybridized carbons (Fsp3) is 0. The molecule has 0 bridgehead atoms. The van der Waals surface area contributed by atoms with Crippen LogP contribution in [0.2, 0.25) is 0 Å². The van der Waals surface area contributed by atoms with Crippen LogP contribution in [0.25, 0.3) is 0 Å². The van der Waals surface area contributed by atoms with Crippen molar-refractivity contribution in [2.45, 2.75) is 0 Å². The monoisotopic (exact) mass is 186 g/mol. The van der Waals surface area contributed by atoms with Crippen LogP contribution in [0, 0.1) is 5.41 Å². The molecule has 0 aromatic heterocycles. The number of hydrogen-bond donors (Lipinski definition) is 7. The average Bonchev–Trinajstić information content (AvgIpc) is 1.83. The number of rotatable bonds is 0. The summed E-state index contributed by atoms with van der Waals surface area (Å²) < 4.78 is 25.2. The molecule has 10 N–H and O–H groups in total. The van der Waals surface area contributed by atoms with Crippen molar-refractivity contribution < 1.29 is 13.0 Å². The first-order valence-electron chi connectivity index (χ1n) is 2.08. The van der Waals surface area contributed by atoms with Crippen LogP contribution in [0.4, 0.5) is 0 Å². The number of guanidine groups is 1. The van der Waals surface area contributed by atoms with Gasteiger partial charge in [-0.3, -0.25) is 20.8 Å². The normalized spacial score (nSPS) is 9.09. The Morgan fingerprint density at radius 1 is 1.36 bits per heavy atom. The summed E-state index contributed by atoms with van der Waals surface area (Å²) in [5.41, 5.74) is 3.92. The van der Waals surface area contributed by atoms with Crippen LogP contribution >= 0.6 is 0 Å². The molecule has 0 aromatic carbocycles. The zero-order chi connectivity index (χ0) is 9.49. The number of hydrogen-bond acceptors (Lipinski definition) is 5. The Morgan fingerprint density at radius 3 is 1.55 bits per heavy atom. The largest absolute Gasteiger partial charge is 0.330 e. The van der Waals surface area contributed by atoms with Crippen molar-refractivity contribution in [3.05, 3.63) is 0 Å². The molecule has 9 nitrogen and oxygen atoms in total. The maximum atomic E-state index is 8.97. The maximum Gasteiger partial charge on any atom is 0.330 e. The summed E-state index contributed by atoms with van der Waals surface area (Å²) in [6.07, 6.45) is 0. The highest BCUT2D eigenvalue weighted by Crippen LogP contribution is 1.50. The minimum Gasteiger partial charge on any atom is -0.294 e. The summed E-state index contributed by atoms with van der Waals surface area (Å²) in [6, 6.07) is 0. The molecule has 0 radical (unpaired) electrons. The highest BCUT2D eigenvalue weighted by atomic mass is 32.2. The first-order chi connectivity index (χ1) is 4.81. The second kappa shape index (κ2) is 5.82. The predicted molar refractivity (Wildman–Crippen MR) is 38.1 cm³/mol. The van der Waals surface area contributed by atoms with E-state index in [0.717, 1.165) is 0 Å². The molecule has 11 heavy (non-hydrogen) atoms. The van der Waals surface area contributed by atoms with E-state index < -0.39 is 10.3 Å². The highest BCUT2D eigenvalue weighted by molar-refractivity contribution is 7.83. The SMILES string of the molecule is N=C(NN)NN.NS(=O)(=O)O. The molecule has 0 amide bonds. The Kier molecular flexibility index (Phi) is 6.72. The van der Waals surface area contributed by atoms with Gasteiger partial charge in [0.05, 0.1) is 0 Å². The van der Waals surface area contributed by atoms with E-state index in [4.69, 9.17) is 18.4 Å². The van der Waals surface area contributed by atoms with Crippen molar-refractivity contribution in [1.29, 1.82) is 5.41 Å². The Labute approximate surface area is 63.3 Å². The molecule has 0 aliphatic heterocycles. The Bertz CT molecular complexity index is 182. The van der Waals surface area contributed by atoms with Crippen molar-refractivity contribution in [3.8, 4) is 0 Å². The van der Waals surface area contributed by atoms with Crippen molar-refractivity contribution in [3.63, 3.8) is 0 Å². The van der Waals surface area contributed by atoms with Crippen molar-refractivity contribution >= 4 is 16.3 Å². The van der Waals surface area contributed by atoms with Crippen LogP contribution in [-0.4, -0.2) is 18.9 Å². The van der Waals surface area contributed by atoms with Crippen molar-refractivity contribution in [2.75, 3.05) is 0 Å². The molecule has 0 saturated carbocycles. The molecule has 0 heterocycles. The summed E-state index contributed by atoms with van der Waals surface area (Å²) in [5.74, 6) is 9.23. The van der Waals surface area contributed by atoms with Crippen LogP contribution in [0.1, 0.15) is 0 Å². The number of hydrazine groups is 2. The third-order valence-corrected chi connectivity index (χ3v) is 0.289. The molecule has 0 aliphatic carbocycles. The topological polar surface area (TPSA) is 180 Å². The van der Waals surface area contributed by atoms with E-state index in [9.17, 15) is 0 Å². The van der Waals surface area contributed by atoms with Crippen molar-refractivity contribution in [2.24, 2.45) is 16.8 Å². The fourth-order valence-electron chi connectivity index (χ4n) is 0.0417. The van der Waals surface area contributed by atoms with E-state index in [1.165, 1.54) is 0 Å². The molecule has 0 aromatic rings. The van der Waals surface area contributed by atoms with Crippen LogP contribution in [0.5, 0.6) is 0 Å². The van der Waals surface area contributed by atoms with Gasteiger partial charge in [0, 0.05) is 0 Å². The third kappa shape index (κ3) is 48.2. The summed E-state index contributed by atoms with van der Waals surface area (Å²) in [4.78, 5) is 0. The Morgan fingerprint density at radius 2 is 1.55 bits per heavy atom. The summed E-state index contributed by atoms with van der Waals surface area (Å²) in [6.45, 7) is 0. The fourth-order valence-corrected chi connectivity index (χ4v) is 0.0417. The zero-order valence-electron chi connectivity index (χ0n) is 5.40. The van der Waals surface area contributed by atoms with E-state index >= 15 is 0 Å². The molecular formula is CH10N6O3S. The van der Waals surface area contributed by atoms with E-state index in [1.54, 1.807) is 0 Å². The molecule has 0 aliphatic rings. The van der Waals surface area contributed by atoms with Gasteiger partial charge in [0.15, 0.2) is 0 Å².